The lowest BCUT2D eigenvalue weighted by Crippen LogP contribution is -2.35. The molecule has 0 atom stereocenters. The third-order valence-corrected chi connectivity index (χ3v) is 3.50. The van der Waals surface area contributed by atoms with E-state index in [1.807, 2.05) is 18.2 Å². The van der Waals surface area contributed by atoms with Crippen LogP contribution in [0.3, 0.4) is 0 Å². The second-order valence-corrected chi connectivity index (χ2v) is 5.45. The fourth-order valence-corrected chi connectivity index (χ4v) is 2.25. The van der Waals surface area contributed by atoms with Gasteiger partial charge in [-0.15, -0.1) is 0 Å². The highest BCUT2D eigenvalue weighted by Gasteiger charge is 2.18. The molecule has 0 saturated heterocycles. The SMILES string of the molecule is O=C(COC(=O)c1cccc[n+]1[O-])Nc1ccccc1Oc1ccccc1. The number of ether oxygens (including phenoxy) is 2. The number of nitrogens with one attached hydrogen (secondary N) is 1. The van der Waals surface area contributed by atoms with Crippen molar-refractivity contribution >= 4 is 17.6 Å². The predicted molar refractivity (Wildman–Crippen MR) is 97.3 cm³/mol. The molecular weight excluding hydrogens is 348 g/mol. The van der Waals surface area contributed by atoms with Gasteiger partial charge in [0, 0.05) is 12.1 Å². The number of anilines is 1. The van der Waals surface area contributed by atoms with Crippen LogP contribution >= 0.6 is 0 Å². The molecule has 3 aromatic rings. The molecule has 136 valence electrons. The lowest BCUT2D eigenvalue weighted by molar-refractivity contribution is -0.608. The second-order valence-electron chi connectivity index (χ2n) is 5.45. The summed E-state index contributed by atoms with van der Waals surface area (Å²) in [5, 5.41) is 14.1. The summed E-state index contributed by atoms with van der Waals surface area (Å²) in [5.41, 5.74) is 0.235. The number of carbonyl (C=O) groups is 2. The van der Waals surface area contributed by atoms with Crippen molar-refractivity contribution in [2.75, 3.05) is 11.9 Å². The van der Waals surface area contributed by atoms with Crippen molar-refractivity contribution in [1.82, 2.24) is 0 Å². The van der Waals surface area contributed by atoms with E-state index in [1.165, 1.54) is 24.4 Å². The van der Waals surface area contributed by atoms with E-state index in [2.05, 4.69) is 5.32 Å². The first-order valence-corrected chi connectivity index (χ1v) is 8.10. The Bertz CT molecular complexity index is 944. The third kappa shape index (κ3) is 4.82. The summed E-state index contributed by atoms with van der Waals surface area (Å²) < 4.78 is 11.0. The highest BCUT2D eigenvalue weighted by Crippen LogP contribution is 2.28. The zero-order valence-corrected chi connectivity index (χ0v) is 14.2. The quantitative estimate of drug-likeness (QED) is 0.412. The molecule has 0 saturated carbocycles. The molecule has 0 bridgehead atoms. The number of esters is 1. The number of nitrogens with zero attached hydrogens (tertiary/aromatic N) is 1. The number of benzene rings is 2. The Balaban J connectivity index is 1.61. The van der Waals surface area contributed by atoms with Crippen LogP contribution in [-0.2, 0) is 9.53 Å². The Hall–Kier alpha value is -3.87. The van der Waals surface area contributed by atoms with Gasteiger partial charge in [0.25, 0.3) is 5.91 Å². The molecule has 1 amide bonds. The van der Waals surface area contributed by atoms with E-state index in [0.717, 1.165) is 0 Å². The van der Waals surface area contributed by atoms with E-state index >= 15 is 0 Å². The molecule has 0 fully saturated rings. The maximum absolute atomic E-state index is 12.1. The van der Waals surface area contributed by atoms with Crippen molar-refractivity contribution in [2.45, 2.75) is 0 Å². The first-order chi connectivity index (χ1) is 13.1. The van der Waals surface area contributed by atoms with Gasteiger partial charge in [-0.3, -0.25) is 4.79 Å². The van der Waals surface area contributed by atoms with Crippen LogP contribution in [0.1, 0.15) is 10.5 Å². The van der Waals surface area contributed by atoms with Crippen molar-refractivity contribution in [1.29, 1.82) is 0 Å². The summed E-state index contributed by atoms with van der Waals surface area (Å²) in [7, 11) is 0. The summed E-state index contributed by atoms with van der Waals surface area (Å²) in [6.45, 7) is -0.534. The minimum Gasteiger partial charge on any atom is -0.618 e. The predicted octanol–water partition coefficient (Wildman–Crippen LogP) is 2.91. The van der Waals surface area contributed by atoms with Gasteiger partial charge in [-0.1, -0.05) is 30.3 Å². The van der Waals surface area contributed by atoms with Crippen LogP contribution in [-0.4, -0.2) is 18.5 Å². The van der Waals surface area contributed by atoms with Gasteiger partial charge in [-0.05, 0) is 30.3 Å². The summed E-state index contributed by atoms with van der Waals surface area (Å²) in [4.78, 5) is 24.0. The van der Waals surface area contributed by atoms with Gasteiger partial charge in [0.1, 0.15) is 5.75 Å². The molecule has 1 aromatic heterocycles. The largest absolute Gasteiger partial charge is 0.618 e. The molecule has 27 heavy (non-hydrogen) atoms. The molecule has 7 heteroatoms. The number of pyridine rings is 1. The Morgan fingerprint density at radius 3 is 2.41 bits per heavy atom. The molecule has 7 nitrogen and oxygen atoms in total. The molecule has 0 spiro atoms. The minimum absolute atomic E-state index is 0.196. The molecule has 1 N–H and O–H groups in total. The van der Waals surface area contributed by atoms with E-state index in [4.69, 9.17) is 9.47 Å². The number of carbonyl (C=O) groups excluding carboxylic acids is 2. The molecule has 0 aliphatic carbocycles. The fourth-order valence-electron chi connectivity index (χ4n) is 2.25. The summed E-state index contributed by atoms with van der Waals surface area (Å²) in [5.74, 6) is -0.367. The third-order valence-electron chi connectivity index (χ3n) is 3.50. The highest BCUT2D eigenvalue weighted by molar-refractivity contribution is 5.95. The average molecular weight is 364 g/mol. The zero-order valence-electron chi connectivity index (χ0n) is 14.2. The number of amides is 1. The molecule has 0 radical (unpaired) electrons. The van der Waals surface area contributed by atoms with Crippen LogP contribution in [0, 0.1) is 5.21 Å². The van der Waals surface area contributed by atoms with Crippen LogP contribution in [0.25, 0.3) is 0 Å². The van der Waals surface area contributed by atoms with Crippen LogP contribution < -0.4 is 14.8 Å². The molecule has 1 heterocycles. The Morgan fingerprint density at radius 2 is 1.63 bits per heavy atom. The van der Waals surface area contributed by atoms with Crippen molar-refractivity contribution in [3.8, 4) is 11.5 Å². The van der Waals surface area contributed by atoms with E-state index in [0.29, 0.717) is 21.9 Å². The van der Waals surface area contributed by atoms with Gasteiger partial charge in [0.05, 0.1) is 5.69 Å². The van der Waals surface area contributed by atoms with E-state index < -0.39 is 18.5 Å². The molecule has 0 aliphatic rings. The topological polar surface area (TPSA) is 91.6 Å². The van der Waals surface area contributed by atoms with Gasteiger partial charge >= 0.3 is 11.7 Å². The van der Waals surface area contributed by atoms with Gasteiger partial charge < -0.3 is 20.0 Å². The van der Waals surface area contributed by atoms with Crippen LogP contribution in [0.4, 0.5) is 5.69 Å². The molecule has 0 aliphatic heterocycles. The van der Waals surface area contributed by atoms with E-state index in [9.17, 15) is 14.8 Å². The first-order valence-electron chi connectivity index (χ1n) is 8.10. The van der Waals surface area contributed by atoms with E-state index in [1.54, 1.807) is 36.4 Å². The van der Waals surface area contributed by atoms with Crippen molar-refractivity contribution < 1.29 is 23.8 Å². The summed E-state index contributed by atoms with van der Waals surface area (Å²) >= 11 is 0. The summed E-state index contributed by atoms with van der Waals surface area (Å²) in [6, 6.07) is 20.3. The number of hydrogen-bond donors (Lipinski definition) is 1. The van der Waals surface area contributed by atoms with Gasteiger partial charge in [-0.25, -0.2) is 4.79 Å². The average Bonchev–Trinajstić information content (AvgIpc) is 2.69. The second kappa shape index (κ2) is 8.48. The van der Waals surface area contributed by atoms with Crippen molar-refractivity contribution in [3.05, 3.63) is 89.9 Å². The number of rotatable bonds is 6. The maximum atomic E-state index is 12.1. The smallest absolute Gasteiger partial charge is 0.405 e. The van der Waals surface area contributed by atoms with E-state index in [-0.39, 0.29) is 5.69 Å². The van der Waals surface area contributed by atoms with Crippen molar-refractivity contribution in [2.24, 2.45) is 0 Å². The fraction of sp³-hybridized carbons (Fsp3) is 0.0500. The lowest BCUT2D eigenvalue weighted by Gasteiger charge is -2.12. The van der Waals surface area contributed by atoms with Gasteiger partial charge in [0.2, 0.25) is 0 Å². The number of aromatic nitrogens is 1. The number of para-hydroxylation sites is 3. The maximum Gasteiger partial charge on any atom is 0.405 e. The van der Waals surface area contributed by atoms with Gasteiger partial charge in [0.15, 0.2) is 18.6 Å². The first kappa shape index (κ1) is 17.9. The van der Waals surface area contributed by atoms with Crippen LogP contribution in [0.2, 0.25) is 0 Å². The number of hydrogen-bond acceptors (Lipinski definition) is 5. The molecule has 3 rings (SSSR count). The molecular formula is C20H16N2O5. The Morgan fingerprint density at radius 1 is 0.926 bits per heavy atom. The molecule has 0 unspecified atom stereocenters. The normalized spacial score (nSPS) is 10.1. The Kier molecular flexibility index (Phi) is 5.64. The highest BCUT2D eigenvalue weighted by atomic mass is 16.5. The monoisotopic (exact) mass is 364 g/mol. The zero-order chi connectivity index (χ0) is 19.1. The van der Waals surface area contributed by atoms with Crippen LogP contribution in [0.15, 0.2) is 79.0 Å². The lowest BCUT2D eigenvalue weighted by atomic mass is 10.3. The minimum atomic E-state index is -0.880. The van der Waals surface area contributed by atoms with Crippen LogP contribution in [0.5, 0.6) is 11.5 Å². The van der Waals surface area contributed by atoms with Crippen molar-refractivity contribution in [3.63, 3.8) is 0 Å². The standard InChI is InChI=1S/C20H16N2O5/c23-19(14-26-20(24)17-11-6-7-13-22(17)25)21-16-10-4-5-12-18(16)27-15-8-2-1-3-9-15/h1-13H,14H2,(H,21,23). The van der Waals surface area contributed by atoms with Gasteiger partial charge in [-0.2, -0.15) is 4.73 Å². The Labute approximate surface area is 155 Å². The molecule has 2 aromatic carbocycles. The summed E-state index contributed by atoms with van der Waals surface area (Å²) in [6.07, 6.45) is 1.17.